The number of nitrogens with two attached hydrogens (primary N) is 1. The van der Waals surface area contributed by atoms with E-state index in [1.807, 2.05) is 0 Å². The molecule has 0 radical (unpaired) electrons. The number of nitrogen functional groups attached to an aromatic ring is 1. The predicted octanol–water partition coefficient (Wildman–Crippen LogP) is 3.48. The van der Waals surface area contributed by atoms with Crippen LogP contribution in [0.15, 0.2) is 17.1 Å². The zero-order valence-electron chi connectivity index (χ0n) is 21.7. The van der Waals surface area contributed by atoms with Gasteiger partial charge in [0.25, 0.3) is 0 Å². The molecule has 38 heavy (non-hydrogen) atoms. The fourth-order valence-electron chi connectivity index (χ4n) is 3.76. The lowest BCUT2D eigenvalue weighted by Crippen LogP contribution is -2.38. The Kier molecular flexibility index (Phi) is 10.1. The molecule has 0 bridgehead atoms. The summed E-state index contributed by atoms with van der Waals surface area (Å²) in [5.41, 5.74) is 4.12. The van der Waals surface area contributed by atoms with E-state index >= 15 is 0 Å². The summed E-state index contributed by atoms with van der Waals surface area (Å²) in [6.07, 6.45) is 0.482. The smallest absolute Gasteiger partial charge is 0.432 e. The number of carbonyl (C=O) groups is 2. The lowest BCUT2D eigenvalue weighted by Gasteiger charge is -2.31. The van der Waals surface area contributed by atoms with Crippen LogP contribution < -0.4 is 11.4 Å². The predicted molar refractivity (Wildman–Crippen MR) is 129 cm³/mol. The summed E-state index contributed by atoms with van der Waals surface area (Å²) in [5.74, 6) is 0.170. The van der Waals surface area contributed by atoms with Crippen LogP contribution in [-0.2, 0) is 41.8 Å². The maximum Gasteiger partial charge on any atom is 0.510 e. The van der Waals surface area contributed by atoms with Crippen LogP contribution in [0.2, 0.25) is 0 Å². The second kappa shape index (κ2) is 12.9. The summed E-state index contributed by atoms with van der Waals surface area (Å²) in [6.45, 7) is 4.58. The quantitative estimate of drug-likeness (QED) is 0.209. The highest BCUT2D eigenvalue weighted by molar-refractivity contribution is 7.48. The average molecular weight is 563 g/mol. The van der Waals surface area contributed by atoms with Crippen LogP contribution in [0.1, 0.15) is 59.6 Å². The van der Waals surface area contributed by atoms with Crippen molar-refractivity contribution in [2.24, 2.45) is 5.92 Å². The molecule has 1 saturated heterocycles. The van der Waals surface area contributed by atoms with E-state index in [2.05, 4.69) is 4.98 Å². The fourth-order valence-corrected chi connectivity index (χ4v) is 4.73. The normalized spacial score (nSPS) is 21.5. The molecule has 0 amide bonds. The number of anilines is 1. The second-order valence-corrected chi connectivity index (χ2v) is 11.0. The van der Waals surface area contributed by atoms with Gasteiger partial charge in [-0.25, -0.2) is 28.0 Å². The number of ether oxygens (including phenoxy) is 5. The van der Waals surface area contributed by atoms with Gasteiger partial charge in [0.2, 0.25) is 13.6 Å². The molecule has 1 aliphatic heterocycles. The van der Waals surface area contributed by atoms with Gasteiger partial charge >= 0.3 is 25.8 Å². The highest BCUT2D eigenvalue weighted by atomic mass is 31.2. The van der Waals surface area contributed by atoms with Crippen molar-refractivity contribution in [2.45, 2.75) is 77.4 Å². The Morgan fingerprint density at radius 2 is 1.66 bits per heavy atom. The van der Waals surface area contributed by atoms with Crippen molar-refractivity contribution in [1.82, 2.24) is 9.55 Å². The van der Waals surface area contributed by atoms with Crippen LogP contribution in [0.4, 0.5) is 15.4 Å². The van der Waals surface area contributed by atoms with Crippen LogP contribution >= 0.6 is 7.82 Å². The fraction of sp³-hybridized carbons (Fsp3) is 0.727. The van der Waals surface area contributed by atoms with E-state index in [1.54, 1.807) is 27.7 Å². The number of rotatable bonds is 13. The van der Waals surface area contributed by atoms with Crippen LogP contribution in [0, 0.1) is 5.92 Å². The van der Waals surface area contributed by atoms with Gasteiger partial charge in [0.15, 0.2) is 0 Å². The number of nitrogens with zero attached hydrogens (tertiary/aromatic N) is 2. The van der Waals surface area contributed by atoms with Crippen molar-refractivity contribution in [2.75, 3.05) is 25.9 Å². The minimum Gasteiger partial charge on any atom is -0.432 e. The standard InChI is InChI=1S/C22H34N3O12P/c1-14(2)35-20(27)30-12-33-38(29,34-13-31-21(28)36-15(3)4)32-11-22(16-5-6-16)9-7-18(37-22)25-10-8-17(23)24-19(25)26/h8,10,14-16,18H,5-7,9,11-13H2,1-4H3,(H2,23,24,26)/t18-,22+/m1/s1. The molecule has 3 rings (SSSR count). The lowest BCUT2D eigenvalue weighted by atomic mass is 9.95. The van der Waals surface area contributed by atoms with Gasteiger partial charge in [-0.05, 0) is 65.4 Å². The van der Waals surface area contributed by atoms with Crippen molar-refractivity contribution in [3.63, 3.8) is 0 Å². The van der Waals surface area contributed by atoms with Crippen molar-refractivity contribution in [1.29, 1.82) is 0 Å². The van der Waals surface area contributed by atoms with Gasteiger partial charge in [0.1, 0.15) is 12.0 Å². The first-order valence-electron chi connectivity index (χ1n) is 12.1. The monoisotopic (exact) mass is 563 g/mol. The molecule has 1 aliphatic carbocycles. The third-order valence-corrected chi connectivity index (χ3v) is 6.86. The third-order valence-electron chi connectivity index (χ3n) is 5.57. The summed E-state index contributed by atoms with van der Waals surface area (Å²) in [5, 5.41) is 0. The van der Waals surface area contributed by atoms with Crippen molar-refractivity contribution in [3.05, 3.63) is 22.7 Å². The zero-order chi connectivity index (χ0) is 27.9. The Labute approximate surface area is 219 Å². The van der Waals surface area contributed by atoms with Crippen molar-refractivity contribution >= 4 is 26.0 Å². The largest absolute Gasteiger partial charge is 0.510 e. The Morgan fingerprint density at radius 3 is 2.16 bits per heavy atom. The molecule has 2 atom stereocenters. The SMILES string of the molecule is CC(C)OC(=O)OCOP(=O)(OCOC(=O)OC(C)C)OC[C@]1(C2CC2)CC[C@H](n2ccc(N)nc2=O)O1. The Morgan fingerprint density at radius 1 is 1.08 bits per heavy atom. The van der Waals surface area contributed by atoms with E-state index in [9.17, 15) is 18.9 Å². The summed E-state index contributed by atoms with van der Waals surface area (Å²) >= 11 is 0. The summed E-state index contributed by atoms with van der Waals surface area (Å²) < 4.78 is 55.9. The number of hydrogen-bond donors (Lipinski definition) is 1. The summed E-state index contributed by atoms with van der Waals surface area (Å²) in [7, 11) is -4.46. The Hall–Kier alpha value is -2.71. The Bertz CT molecular complexity index is 1040. The average Bonchev–Trinajstić information content (AvgIpc) is 3.58. The van der Waals surface area contributed by atoms with Gasteiger partial charge in [-0.15, -0.1) is 0 Å². The first-order chi connectivity index (χ1) is 17.9. The molecule has 2 N–H and O–H groups in total. The number of phosphoric ester groups is 1. The van der Waals surface area contributed by atoms with Gasteiger partial charge in [-0.2, -0.15) is 4.98 Å². The molecule has 2 fully saturated rings. The highest BCUT2D eigenvalue weighted by Gasteiger charge is 2.53. The molecule has 0 spiro atoms. The van der Waals surface area contributed by atoms with Crippen LogP contribution in [0.25, 0.3) is 0 Å². The number of hydrogen-bond acceptors (Lipinski definition) is 14. The summed E-state index contributed by atoms with van der Waals surface area (Å²) in [6, 6.07) is 1.49. The van der Waals surface area contributed by atoms with E-state index in [0.717, 1.165) is 12.8 Å². The van der Waals surface area contributed by atoms with E-state index < -0.39 is 63.4 Å². The molecule has 0 aromatic carbocycles. The van der Waals surface area contributed by atoms with Crippen molar-refractivity contribution < 1.29 is 51.4 Å². The number of phosphoric acid groups is 1. The van der Waals surface area contributed by atoms with E-state index in [1.165, 1.54) is 16.8 Å². The topological polar surface area (TPSA) is 186 Å². The van der Waals surface area contributed by atoms with Crippen LogP contribution in [0.5, 0.6) is 0 Å². The molecule has 15 nitrogen and oxygen atoms in total. The summed E-state index contributed by atoms with van der Waals surface area (Å²) in [4.78, 5) is 39.3. The maximum absolute atomic E-state index is 13.3. The first-order valence-corrected chi connectivity index (χ1v) is 13.6. The van der Waals surface area contributed by atoms with Crippen LogP contribution in [-0.4, -0.2) is 59.9 Å². The molecule has 16 heteroatoms. The zero-order valence-corrected chi connectivity index (χ0v) is 22.6. The van der Waals surface area contributed by atoms with Gasteiger partial charge in [0, 0.05) is 6.20 Å². The number of aromatic nitrogens is 2. The molecule has 2 heterocycles. The molecule has 1 aromatic rings. The van der Waals surface area contributed by atoms with Gasteiger partial charge < -0.3 is 29.4 Å². The van der Waals surface area contributed by atoms with Gasteiger partial charge in [0.05, 0.1) is 24.4 Å². The molecule has 214 valence electrons. The highest BCUT2D eigenvalue weighted by Crippen LogP contribution is 2.55. The van der Waals surface area contributed by atoms with Crippen molar-refractivity contribution in [3.8, 4) is 0 Å². The molecular formula is C22H34N3O12P. The minimum absolute atomic E-state index is 0.0768. The first kappa shape index (κ1) is 29.8. The van der Waals surface area contributed by atoms with Gasteiger partial charge in [-0.3, -0.25) is 9.09 Å². The van der Waals surface area contributed by atoms with E-state index in [4.69, 9.17) is 43.0 Å². The van der Waals surface area contributed by atoms with E-state index in [-0.39, 0.29) is 18.3 Å². The maximum atomic E-state index is 13.3. The Balaban J connectivity index is 1.66. The number of carbonyl (C=O) groups excluding carboxylic acids is 2. The molecule has 0 unspecified atom stereocenters. The minimum atomic E-state index is -4.46. The molecular weight excluding hydrogens is 529 g/mol. The van der Waals surface area contributed by atoms with E-state index in [0.29, 0.717) is 12.8 Å². The second-order valence-electron chi connectivity index (χ2n) is 9.33. The third kappa shape index (κ3) is 8.67. The molecule has 1 saturated carbocycles. The lowest BCUT2D eigenvalue weighted by molar-refractivity contribution is -0.116. The molecule has 1 aromatic heterocycles. The van der Waals surface area contributed by atoms with Crippen LogP contribution in [0.3, 0.4) is 0 Å². The van der Waals surface area contributed by atoms with Gasteiger partial charge in [-0.1, -0.05) is 0 Å². The molecule has 2 aliphatic rings.